The minimum Gasteiger partial charge on any atom is -0.504 e. The Labute approximate surface area is 118 Å². The summed E-state index contributed by atoms with van der Waals surface area (Å²) >= 11 is 5.96. The van der Waals surface area contributed by atoms with E-state index in [-0.39, 0.29) is 29.2 Å². The minimum atomic E-state index is -0.166. The fraction of sp³-hybridized carbons (Fsp3) is 0.500. The predicted molar refractivity (Wildman–Crippen MR) is 75.0 cm³/mol. The fourth-order valence-electron chi connectivity index (χ4n) is 1.57. The van der Waals surface area contributed by atoms with Crippen LogP contribution in [0.2, 0.25) is 0 Å². The third-order valence-corrected chi connectivity index (χ3v) is 3.60. The second-order valence-corrected chi connectivity index (χ2v) is 5.44. The molecule has 0 aromatic heterocycles. The van der Waals surface area contributed by atoms with Gasteiger partial charge >= 0.3 is 0 Å². The summed E-state index contributed by atoms with van der Waals surface area (Å²) in [6, 6.07) is 4.58. The van der Waals surface area contributed by atoms with E-state index in [0.29, 0.717) is 13.0 Å². The number of nitrogens with zero attached hydrogens (tertiary/aromatic N) is 1. The largest absolute Gasteiger partial charge is 0.504 e. The molecule has 4 nitrogen and oxygen atoms in total. The molecule has 0 spiro atoms. The van der Waals surface area contributed by atoms with E-state index < -0.39 is 0 Å². The van der Waals surface area contributed by atoms with E-state index in [0.717, 1.165) is 5.56 Å². The van der Waals surface area contributed by atoms with Crippen LogP contribution in [0.1, 0.15) is 26.3 Å². The summed E-state index contributed by atoms with van der Waals surface area (Å²) in [6.45, 7) is 6.17. The molecule has 19 heavy (non-hydrogen) atoms. The molecule has 0 bridgehead atoms. The Bertz CT molecular complexity index is 448. The predicted octanol–water partition coefficient (Wildman–Crippen LogP) is 2.91. The average molecular weight is 286 g/mol. The van der Waals surface area contributed by atoms with E-state index in [1.165, 1.54) is 16.6 Å². The zero-order valence-electron chi connectivity index (χ0n) is 11.4. The second kappa shape index (κ2) is 6.66. The molecule has 1 aromatic carbocycles. The van der Waals surface area contributed by atoms with Crippen molar-refractivity contribution in [2.45, 2.75) is 27.2 Å². The first-order chi connectivity index (χ1) is 8.82. The van der Waals surface area contributed by atoms with Crippen molar-refractivity contribution in [3.63, 3.8) is 0 Å². The third-order valence-electron chi connectivity index (χ3n) is 3.27. The highest BCUT2D eigenvalue weighted by Crippen LogP contribution is 2.25. The van der Waals surface area contributed by atoms with Crippen LogP contribution in [0.3, 0.4) is 0 Å². The number of aromatic hydroxyl groups is 2. The summed E-state index contributed by atoms with van der Waals surface area (Å²) in [4.78, 5) is 11.9. The topological polar surface area (TPSA) is 60.8 Å². The fourth-order valence-corrected chi connectivity index (χ4v) is 1.81. The molecule has 1 unspecified atom stereocenters. The lowest BCUT2D eigenvalue weighted by Crippen LogP contribution is -2.31. The van der Waals surface area contributed by atoms with Crippen LogP contribution in [0.5, 0.6) is 11.5 Å². The van der Waals surface area contributed by atoms with Crippen molar-refractivity contribution >= 4 is 17.7 Å². The lowest BCUT2D eigenvalue weighted by molar-refractivity contribution is -0.131. The van der Waals surface area contributed by atoms with Crippen molar-refractivity contribution in [3.05, 3.63) is 23.8 Å². The molecule has 0 saturated carbocycles. The van der Waals surface area contributed by atoms with Gasteiger partial charge in [0, 0.05) is 24.2 Å². The van der Waals surface area contributed by atoms with Crippen LogP contribution in [0.25, 0.3) is 0 Å². The van der Waals surface area contributed by atoms with E-state index in [1.54, 1.807) is 6.07 Å². The summed E-state index contributed by atoms with van der Waals surface area (Å²) in [5, 5.41) is 18.6. The van der Waals surface area contributed by atoms with E-state index >= 15 is 0 Å². The third kappa shape index (κ3) is 4.31. The molecule has 1 aromatic rings. The Kier molecular flexibility index (Phi) is 5.48. The number of benzene rings is 1. The van der Waals surface area contributed by atoms with Crippen LogP contribution in [0.4, 0.5) is 0 Å². The highest BCUT2D eigenvalue weighted by molar-refractivity contribution is 6.21. The van der Waals surface area contributed by atoms with Crippen molar-refractivity contribution in [1.29, 1.82) is 0 Å². The molecule has 0 fully saturated rings. The van der Waals surface area contributed by atoms with Crippen molar-refractivity contribution in [1.82, 2.24) is 4.42 Å². The van der Waals surface area contributed by atoms with E-state index in [1.807, 2.05) is 20.8 Å². The average Bonchev–Trinajstić information content (AvgIpc) is 2.37. The van der Waals surface area contributed by atoms with Crippen LogP contribution >= 0.6 is 11.8 Å². The van der Waals surface area contributed by atoms with Gasteiger partial charge in [0.1, 0.15) is 0 Å². The molecule has 0 aliphatic heterocycles. The van der Waals surface area contributed by atoms with Gasteiger partial charge in [0.05, 0.1) is 0 Å². The standard InChI is InChI=1S/C14H20ClNO3/c1-9(2)10(3)14(19)16(15)7-6-11-4-5-12(17)13(18)8-11/h4-5,8-10,17-18H,6-7H2,1-3H3. The van der Waals surface area contributed by atoms with Gasteiger partial charge in [0.2, 0.25) is 5.91 Å². The second-order valence-electron chi connectivity index (χ2n) is 5.03. The molecular formula is C14H20ClNO3. The molecule has 0 aliphatic rings. The molecule has 0 radical (unpaired) electrons. The lowest BCUT2D eigenvalue weighted by Gasteiger charge is -2.21. The Morgan fingerprint density at radius 2 is 1.89 bits per heavy atom. The van der Waals surface area contributed by atoms with Gasteiger partial charge in [-0.3, -0.25) is 9.21 Å². The van der Waals surface area contributed by atoms with Crippen molar-refractivity contribution in [2.24, 2.45) is 11.8 Å². The first-order valence-corrected chi connectivity index (χ1v) is 6.64. The van der Waals surface area contributed by atoms with Crippen LogP contribution in [0, 0.1) is 11.8 Å². The van der Waals surface area contributed by atoms with Crippen molar-refractivity contribution in [3.8, 4) is 11.5 Å². The quantitative estimate of drug-likeness (QED) is 0.646. The number of hydrogen-bond donors (Lipinski definition) is 2. The molecular weight excluding hydrogens is 266 g/mol. The van der Waals surface area contributed by atoms with Gasteiger partial charge in [-0.05, 0) is 30.0 Å². The summed E-state index contributed by atoms with van der Waals surface area (Å²) in [6.07, 6.45) is 0.522. The SMILES string of the molecule is CC(C)C(C)C(=O)N(Cl)CCc1ccc(O)c(O)c1. The van der Waals surface area contributed by atoms with Gasteiger partial charge in [-0.2, -0.15) is 0 Å². The van der Waals surface area contributed by atoms with Gasteiger partial charge in [0.15, 0.2) is 11.5 Å². The maximum atomic E-state index is 11.9. The Hall–Kier alpha value is -1.42. The molecule has 106 valence electrons. The molecule has 2 N–H and O–H groups in total. The first-order valence-electron chi connectivity index (χ1n) is 6.31. The van der Waals surface area contributed by atoms with E-state index in [4.69, 9.17) is 11.8 Å². The number of phenolic OH excluding ortho intramolecular Hbond substituents is 2. The number of hydrogen-bond acceptors (Lipinski definition) is 3. The van der Waals surface area contributed by atoms with Crippen molar-refractivity contribution < 1.29 is 15.0 Å². The highest BCUT2D eigenvalue weighted by Gasteiger charge is 2.21. The first kappa shape index (κ1) is 15.6. The van der Waals surface area contributed by atoms with Gasteiger partial charge < -0.3 is 10.2 Å². The number of phenols is 2. The highest BCUT2D eigenvalue weighted by atomic mass is 35.5. The number of carbonyl (C=O) groups is 1. The van der Waals surface area contributed by atoms with Gasteiger partial charge in [-0.25, -0.2) is 0 Å². The smallest absolute Gasteiger partial charge is 0.240 e. The van der Waals surface area contributed by atoms with E-state index in [9.17, 15) is 15.0 Å². The number of amides is 1. The Balaban J connectivity index is 2.56. The van der Waals surface area contributed by atoms with Crippen molar-refractivity contribution in [2.75, 3.05) is 6.54 Å². The zero-order chi connectivity index (χ0) is 14.6. The van der Waals surface area contributed by atoms with Gasteiger partial charge in [0.25, 0.3) is 0 Å². The van der Waals surface area contributed by atoms with Gasteiger partial charge in [-0.1, -0.05) is 26.8 Å². The molecule has 5 heteroatoms. The maximum absolute atomic E-state index is 11.9. The molecule has 1 amide bonds. The summed E-state index contributed by atoms with van der Waals surface area (Å²) < 4.78 is 1.19. The Morgan fingerprint density at radius 1 is 1.26 bits per heavy atom. The van der Waals surface area contributed by atoms with Crippen LogP contribution in [-0.4, -0.2) is 27.1 Å². The van der Waals surface area contributed by atoms with Crippen LogP contribution < -0.4 is 0 Å². The Morgan fingerprint density at radius 3 is 2.42 bits per heavy atom. The molecule has 0 saturated heterocycles. The minimum absolute atomic E-state index is 0.0975. The van der Waals surface area contributed by atoms with Gasteiger partial charge in [-0.15, -0.1) is 0 Å². The van der Waals surface area contributed by atoms with Crippen LogP contribution in [0.15, 0.2) is 18.2 Å². The molecule has 0 heterocycles. The molecule has 0 aliphatic carbocycles. The van der Waals surface area contributed by atoms with E-state index in [2.05, 4.69) is 0 Å². The van der Waals surface area contributed by atoms with Crippen LogP contribution in [-0.2, 0) is 11.2 Å². The summed E-state index contributed by atoms with van der Waals surface area (Å²) in [5.41, 5.74) is 0.811. The normalized spacial score (nSPS) is 12.5. The summed E-state index contributed by atoms with van der Waals surface area (Å²) in [5.74, 6) is -0.298. The number of carbonyl (C=O) groups excluding carboxylic acids is 1. The summed E-state index contributed by atoms with van der Waals surface area (Å²) in [7, 11) is 0. The maximum Gasteiger partial charge on any atom is 0.240 e. The zero-order valence-corrected chi connectivity index (χ0v) is 12.2. The number of halogens is 1. The molecule has 1 atom stereocenters. The number of rotatable bonds is 5. The molecule has 1 rings (SSSR count). The lowest BCUT2D eigenvalue weighted by atomic mass is 9.97. The monoisotopic (exact) mass is 285 g/mol.